The highest BCUT2D eigenvalue weighted by Crippen LogP contribution is 2.34. The molecule has 0 aliphatic carbocycles. The van der Waals surface area contributed by atoms with Crippen molar-refractivity contribution < 1.29 is 14.1 Å². The number of nitro groups is 1. The minimum Gasteiger partial charge on any atom is -0.494 e. The molecule has 0 spiro atoms. The zero-order valence-corrected chi connectivity index (χ0v) is 12.5. The number of nitrogens with one attached hydrogen (secondary N) is 1. The summed E-state index contributed by atoms with van der Waals surface area (Å²) in [6, 6.07) is 10.6. The van der Waals surface area contributed by atoms with E-state index in [1.165, 1.54) is 13.2 Å². The highest BCUT2D eigenvalue weighted by molar-refractivity contribution is 5.65. The Labute approximate surface area is 132 Å². The predicted molar refractivity (Wildman–Crippen MR) is 82.8 cm³/mol. The Balaban J connectivity index is 2.33. The number of halogens is 1. The Morgan fingerprint density at radius 3 is 2.52 bits per heavy atom. The van der Waals surface area contributed by atoms with Gasteiger partial charge in [0, 0.05) is 12.1 Å². The summed E-state index contributed by atoms with van der Waals surface area (Å²) in [5.41, 5.74) is 1.14. The molecule has 6 nitrogen and oxygen atoms in total. The molecule has 118 valence electrons. The molecular formula is C16H14FN3O3. The van der Waals surface area contributed by atoms with Crippen molar-refractivity contribution in [2.75, 3.05) is 12.4 Å². The molecule has 1 atom stereocenters. The van der Waals surface area contributed by atoms with Crippen LogP contribution in [0.5, 0.6) is 5.75 Å². The maximum Gasteiger partial charge on any atom is 0.295 e. The average Bonchev–Trinajstić information content (AvgIpc) is 2.55. The molecule has 0 aliphatic heterocycles. The Hall–Kier alpha value is -3.14. The summed E-state index contributed by atoms with van der Waals surface area (Å²) in [5.74, 6) is -0.874. The van der Waals surface area contributed by atoms with Gasteiger partial charge in [0.25, 0.3) is 5.69 Å². The first kappa shape index (κ1) is 16.2. The average molecular weight is 315 g/mol. The van der Waals surface area contributed by atoms with Crippen molar-refractivity contribution in [2.45, 2.75) is 13.0 Å². The molecular weight excluding hydrogens is 301 g/mol. The molecule has 0 aliphatic rings. The highest BCUT2D eigenvalue weighted by atomic mass is 19.1. The molecule has 0 bridgehead atoms. The first-order valence-corrected chi connectivity index (χ1v) is 6.74. The summed E-state index contributed by atoms with van der Waals surface area (Å²) in [6.07, 6.45) is 0. The molecule has 0 saturated carbocycles. The van der Waals surface area contributed by atoms with Crippen LogP contribution in [0.1, 0.15) is 24.1 Å². The van der Waals surface area contributed by atoms with E-state index in [0.717, 1.165) is 11.6 Å². The minimum atomic E-state index is -0.796. The van der Waals surface area contributed by atoms with E-state index in [4.69, 9.17) is 10.00 Å². The highest BCUT2D eigenvalue weighted by Gasteiger charge is 2.20. The van der Waals surface area contributed by atoms with Crippen LogP contribution in [0.2, 0.25) is 0 Å². The van der Waals surface area contributed by atoms with Gasteiger partial charge in [0.2, 0.25) is 0 Å². The number of nitriles is 1. The Kier molecular flexibility index (Phi) is 4.76. The lowest BCUT2D eigenvalue weighted by Gasteiger charge is -2.16. The topological polar surface area (TPSA) is 88.2 Å². The number of anilines is 1. The predicted octanol–water partition coefficient (Wildman–Crippen LogP) is 3.79. The van der Waals surface area contributed by atoms with E-state index < -0.39 is 10.7 Å². The minimum absolute atomic E-state index is 0.0786. The lowest BCUT2D eigenvalue weighted by molar-refractivity contribution is -0.384. The first-order chi connectivity index (χ1) is 11.0. The molecule has 0 fully saturated rings. The van der Waals surface area contributed by atoms with Crippen LogP contribution >= 0.6 is 0 Å². The van der Waals surface area contributed by atoms with E-state index in [0.29, 0.717) is 5.56 Å². The second kappa shape index (κ2) is 6.75. The molecule has 0 aromatic heterocycles. The molecule has 1 N–H and O–H groups in total. The molecule has 7 heteroatoms. The van der Waals surface area contributed by atoms with Gasteiger partial charge in [0.1, 0.15) is 5.69 Å². The molecule has 2 rings (SSSR count). The van der Waals surface area contributed by atoms with E-state index in [2.05, 4.69) is 5.32 Å². The van der Waals surface area contributed by atoms with Crippen LogP contribution in [0.25, 0.3) is 0 Å². The van der Waals surface area contributed by atoms with Gasteiger partial charge in [-0.1, -0.05) is 12.1 Å². The lowest BCUT2D eigenvalue weighted by Crippen LogP contribution is -2.09. The van der Waals surface area contributed by atoms with Crippen LogP contribution in [0, 0.1) is 27.3 Å². The third-order valence-electron chi connectivity index (χ3n) is 3.38. The standard InChI is InChI=1S/C16H14FN3O3/c1-10(12-5-3-11(9-18)4-6-12)19-14-8-16(23-2)13(17)7-15(14)20(21)22/h3-8,10,19H,1-2H3. The van der Waals surface area contributed by atoms with Gasteiger partial charge in [-0.15, -0.1) is 0 Å². The number of ether oxygens (including phenoxy) is 1. The van der Waals surface area contributed by atoms with E-state index in [1.54, 1.807) is 31.2 Å². The number of benzene rings is 2. The van der Waals surface area contributed by atoms with Crippen LogP contribution < -0.4 is 10.1 Å². The van der Waals surface area contributed by atoms with Crippen molar-refractivity contribution in [3.05, 3.63) is 63.5 Å². The molecule has 23 heavy (non-hydrogen) atoms. The number of hydrogen-bond acceptors (Lipinski definition) is 5. The van der Waals surface area contributed by atoms with E-state index in [9.17, 15) is 14.5 Å². The first-order valence-electron chi connectivity index (χ1n) is 6.74. The fraction of sp³-hybridized carbons (Fsp3) is 0.188. The second-order valence-electron chi connectivity index (χ2n) is 4.86. The number of nitro benzene ring substituents is 1. The van der Waals surface area contributed by atoms with Crippen molar-refractivity contribution >= 4 is 11.4 Å². The van der Waals surface area contributed by atoms with Crippen molar-refractivity contribution in [3.63, 3.8) is 0 Å². The molecule has 0 heterocycles. The number of nitrogens with zero attached hydrogens (tertiary/aromatic N) is 2. The van der Waals surface area contributed by atoms with Crippen LogP contribution in [0.3, 0.4) is 0 Å². The molecule has 0 amide bonds. The molecule has 0 saturated heterocycles. The zero-order valence-electron chi connectivity index (χ0n) is 12.5. The summed E-state index contributed by atoms with van der Waals surface area (Å²) in [7, 11) is 1.29. The lowest BCUT2D eigenvalue weighted by atomic mass is 10.1. The third-order valence-corrected chi connectivity index (χ3v) is 3.38. The Morgan fingerprint density at radius 1 is 1.35 bits per heavy atom. The van der Waals surface area contributed by atoms with E-state index in [-0.39, 0.29) is 23.2 Å². The smallest absolute Gasteiger partial charge is 0.295 e. The van der Waals surface area contributed by atoms with Gasteiger partial charge >= 0.3 is 0 Å². The van der Waals surface area contributed by atoms with Gasteiger partial charge in [0.15, 0.2) is 11.6 Å². The van der Waals surface area contributed by atoms with Gasteiger partial charge in [-0.3, -0.25) is 10.1 Å². The molecule has 2 aromatic rings. The van der Waals surface area contributed by atoms with Crippen LogP contribution in [-0.2, 0) is 0 Å². The summed E-state index contributed by atoms with van der Waals surface area (Å²) in [6.45, 7) is 1.81. The maximum absolute atomic E-state index is 13.6. The zero-order chi connectivity index (χ0) is 17.0. The monoisotopic (exact) mass is 315 g/mol. The van der Waals surface area contributed by atoms with Gasteiger partial charge in [0.05, 0.1) is 29.7 Å². The van der Waals surface area contributed by atoms with Gasteiger partial charge < -0.3 is 10.1 Å². The van der Waals surface area contributed by atoms with Crippen molar-refractivity contribution in [1.82, 2.24) is 0 Å². The third kappa shape index (κ3) is 3.55. The summed E-state index contributed by atoms with van der Waals surface area (Å²) in [4.78, 5) is 10.4. The summed E-state index contributed by atoms with van der Waals surface area (Å²) < 4.78 is 18.5. The Morgan fingerprint density at radius 2 is 2.00 bits per heavy atom. The Bertz CT molecular complexity index is 769. The number of rotatable bonds is 5. The largest absolute Gasteiger partial charge is 0.494 e. The van der Waals surface area contributed by atoms with Crippen molar-refractivity contribution in [2.24, 2.45) is 0 Å². The molecule has 1 unspecified atom stereocenters. The van der Waals surface area contributed by atoms with Gasteiger partial charge in [-0.25, -0.2) is 4.39 Å². The fourth-order valence-corrected chi connectivity index (χ4v) is 2.13. The summed E-state index contributed by atoms with van der Waals surface area (Å²) >= 11 is 0. The normalized spacial score (nSPS) is 11.4. The van der Waals surface area contributed by atoms with Crippen molar-refractivity contribution in [3.8, 4) is 11.8 Å². The SMILES string of the molecule is COc1cc(NC(C)c2ccc(C#N)cc2)c([N+](=O)[O-])cc1F. The number of methoxy groups -OCH3 is 1. The van der Waals surface area contributed by atoms with Crippen LogP contribution in [0.15, 0.2) is 36.4 Å². The van der Waals surface area contributed by atoms with Crippen molar-refractivity contribution in [1.29, 1.82) is 5.26 Å². The number of hydrogen-bond donors (Lipinski definition) is 1. The quantitative estimate of drug-likeness (QED) is 0.670. The molecule has 2 aromatic carbocycles. The second-order valence-corrected chi connectivity index (χ2v) is 4.86. The van der Waals surface area contributed by atoms with Crippen LogP contribution in [-0.4, -0.2) is 12.0 Å². The summed E-state index contributed by atoms with van der Waals surface area (Å²) in [5, 5.41) is 22.9. The van der Waals surface area contributed by atoms with Gasteiger partial charge in [-0.05, 0) is 24.6 Å². The fourth-order valence-electron chi connectivity index (χ4n) is 2.13. The maximum atomic E-state index is 13.6. The van der Waals surface area contributed by atoms with E-state index in [1.807, 2.05) is 6.07 Å². The molecule has 0 radical (unpaired) electrons. The van der Waals surface area contributed by atoms with E-state index >= 15 is 0 Å². The van der Waals surface area contributed by atoms with Crippen LogP contribution in [0.4, 0.5) is 15.8 Å². The van der Waals surface area contributed by atoms with Gasteiger partial charge in [-0.2, -0.15) is 5.26 Å².